The molecule has 0 saturated heterocycles. The fraction of sp³-hybridized carbons (Fsp3) is 1.00. The van der Waals surface area contributed by atoms with E-state index in [9.17, 15) is 18.1 Å². The molecule has 0 aliphatic rings. The summed E-state index contributed by atoms with van der Waals surface area (Å²) in [5, 5.41) is 9.20. The minimum Gasteiger partial charge on any atom is -0.748 e. The summed E-state index contributed by atoms with van der Waals surface area (Å²) in [5.41, 5.74) is 0. The summed E-state index contributed by atoms with van der Waals surface area (Å²) in [7, 11) is -4.19. The second-order valence-electron chi connectivity index (χ2n) is 8.14. The Bertz CT molecular complexity index is 415. The van der Waals surface area contributed by atoms with E-state index in [1.165, 1.54) is 77.0 Å². The van der Waals surface area contributed by atoms with Gasteiger partial charge < -0.3 is 9.66 Å². The third-order valence-electron chi connectivity index (χ3n) is 5.57. The van der Waals surface area contributed by atoms with Gasteiger partial charge in [0.1, 0.15) is 0 Å². The number of hydrogen-bond acceptors (Lipinski definition) is 4. The third-order valence-corrected chi connectivity index (χ3v) is 6.95. The molecule has 4 nitrogen and oxygen atoms in total. The molecule has 0 aromatic carbocycles. The molecule has 2 atom stereocenters. The van der Waals surface area contributed by atoms with Crippen molar-refractivity contribution in [2.75, 3.05) is 0 Å². The Morgan fingerprint density at radius 2 is 1.07 bits per heavy atom. The van der Waals surface area contributed by atoms with Crippen LogP contribution >= 0.6 is 0 Å². The standard InChI is InChI=1S/C22H46O4S.Na/c1-3-5-6-7-8-9-10-11-12-13-14-15-16-18-21(23)19-17-20-22(4-2)27(24,25)26;/h21-23H,3-20H2,1-2H3,(H,24,25,26);/q;+1/p-1. The van der Waals surface area contributed by atoms with Crippen molar-refractivity contribution in [2.45, 2.75) is 141 Å². The Morgan fingerprint density at radius 3 is 1.46 bits per heavy atom. The molecule has 0 spiro atoms. The van der Waals surface area contributed by atoms with Crippen LogP contribution in [-0.2, 0) is 10.1 Å². The van der Waals surface area contributed by atoms with E-state index in [1.54, 1.807) is 6.92 Å². The Labute approximate surface area is 197 Å². The van der Waals surface area contributed by atoms with Crippen LogP contribution in [0.2, 0.25) is 0 Å². The van der Waals surface area contributed by atoms with Crippen LogP contribution in [0.4, 0.5) is 0 Å². The van der Waals surface area contributed by atoms with E-state index in [0.29, 0.717) is 25.7 Å². The van der Waals surface area contributed by atoms with Gasteiger partial charge in [0.25, 0.3) is 0 Å². The monoisotopic (exact) mass is 428 g/mol. The van der Waals surface area contributed by atoms with Crippen LogP contribution < -0.4 is 29.6 Å². The summed E-state index contributed by atoms with van der Waals surface area (Å²) in [6, 6.07) is 0. The van der Waals surface area contributed by atoms with E-state index in [4.69, 9.17) is 0 Å². The van der Waals surface area contributed by atoms with Crippen molar-refractivity contribution in [1.29, 1.82) is 0 Å². The molecule has 1 N–H and O–H groups in total. The second kappa shape index (κ2) is 21.1. The topological polar surface area (TPSA) is 77.4 Å². The number of rotatable bonds is 20. The van der Waals surface area contributed by atoms with E-state index in [2.05, 4.69) is 6.92 Å². The van der Waals surface area contributed by atoms with Crippen LogP contribution in [0.3, 0.4) is 0 Å². The summed E-state index contributed by atoms with van der Waals surface area (Å²) >= 11 is 0. The van der Waals surface area contributed by atoms with Gasteiger partial charge in [-0.2, -0.15) is 0 Å². The summed E-state index contributed by atoms with van der Waals surface area (Å²) < 4.78 is 33.1. The van der Waals surface area contributed by atoms with Crippen LogP contribution in [-0.4, -0.2) is 29.4 Å². The molecule has 0 bridgehead atoms. The summed E-state index contributed by atoms with van der Waals surface area (Å²) in [4.78, 5) is 0. The van der Waals surface area contributed by atoms with Crippen molar-refractivity contribution in [3.05, 3.63) is 0 Å². The van der Waals surface area contributed by atoms with Crippen molar-refractivity contribution < 1.29 is 47.6 Å². The molecule has 0 aliphatic carbocycles. The van der Waals surface area contributed by atoms with Gasteiger partial charge in [0.2, 0.25) is 0 Å². The molecule has 0 aromatic heterocycles. The third kappa shape index (κ3) is 20.2. The van der Waals surface area contributed by atoms with Gasteiger partial charge in [0, 0.05) is 5.25 Å². The molecule has 0 amide bonds. The maximum Gasteiger partial charge on any atom is 1.00 e. The smallest absolute Gasteiger partial charge is 0.748 e. The fourth-order valence-electron chi connectivity index (χ4n) is 3.68. The van der Waals surface area contributed by atoms with Gasteiger partial charge in [-0.1, -0.05) is 97.3 Å². The Morgan fingerprint density at radius 1 is 0.679 bits per heavy atom. The van der Waals surface area contributed by atoms with Crippen molar-refractivity contribution in [3.63, 3.8) is 0 Å². The van der Waals surface area contributed by atoms with Crippen LogP contribution in [0.15, 0.2) is 0 Å². The van der Waals surface area contributed by atoms with Crippen molar-refractivity contribution in [3.8, 4) is 0 Å². The number of aliphatic hydroxyl groups is 1. The number of aliphatic hydroxyl groups excluding tert-OH is 1. The SMILES string of the molecule is CCCCCCCCCCCCCCCC(O)CCCC(CC)S(=O)(=O)[O-].[Na+]. The molecule has 164 valence electrons. The van der Waals surface area contributed by atoms with Gasteiger partial charge in [-0.15, -0.1) is 0 Å². The van der Waals surface area contributed by atoms with Crippen molar-refractivity contribution in [1.82, 2.24) is 0 Å². The maximum absolute atomic E-state index is 11.0. The predicted molar refractivity (Wildman–Crippen MR) is 114 cm³/mol. The predicted octanol–water partition coefficient (Wildman–Crippen LogP) is 3.33. The zero-order valence-corrected chi connectivity index (χ0v) is 21.8. The molecular formula is C22H45NaO4S. The van der Waals surface area contributed by atoms with Gasteiger partial charge >= 0.3 is 29.6 Å². The van der Waals surface area contributed by atoms with E-state index < -0.39 is 15.4 Å². The first-order chi connectivity index (χ1) is 12.9. The van der Waals surface area contributed by atoms with Crippen LogP contribution in [0, 0.1) is 0 Å². The molecule has 0 rings (SSSR count). The van der Waals surface area contributed by atoms with E-state index in [1.807, 2.05) is 0 Å². The molecule has 0 heterocycles. The Hall–Kier alpha value is 0.870. The van der Waals surface area contributed by atoms with Gasteiger partial charge in [-0.3, -0.25) is 0 Å². The van der Waals surface area contributed by atoms with E-state index in [0.717, 1.165) is 12.8 Å². The molecule has 0 aromatic rings. The molecule has 0 aliphatic heterocycles. The van der Waals surface area contributed by atoms with E-state index >= 15 is 0 Å². The van der Waals surface area contributed by atoms with Crippen LogP contribution in [0.25, 0.3) is 0 Å². The normalized spacial score (nSPS) is 13.9. The first kappa shape index (κ1) is 31.1. The zero-order valence-electron chi connectivity index (χ0n) is 19.0. The average Bonchev–Trinajstić information content (AvgIpc) is 2.61. The minimum atomic E-state index is -4.19. The van der Waals surface area contributed by atoms with Crippen LogP contribution in [0.1, 0.15) is 129 Å². The van der Waals surface area contributed by atoms with Gasteiger partial charge in [0.05, 0.1) is 16.2 Å². The molecule has 28 heavy (non-hydrogen) atoms. The summed E-state index contributed by atoms with van der Waals surface area (Å²) in [6.07, 6.45) is 19.5. The average molecular weight is 429 g/mol. The molecule has 0 fully saturated rings. The molecular weight excluding hydrogens is 383 g/mol. The minimum absolute atomic E-state index is 0. The van der Waals surface area contributed by atoms with Gasteiger partial charge in [0.15, 0.2) is 0 Å². The Kier molecular flexibility index (Phi) is 23.4. The van der Waals surface area contributed by atoms with Gasteiger partial charge in [-0.25, -0.2) is 8.42 Å². The summed E-state index contributed by atoms with van der Waals surface area (Å²) in [6.45, 7) is 3.98. The summed E-state index contributed by atoms with van der Waals surface area (Å²) in [5.74, 6) is 0. The maximum atomic E-state index is 11.0. The van der Waals surface area contributed by atoms with Crippen molar-refractivity contribution in [2.24, 2.45) is 0 Å². The molecule has 6 heteroatoms. The molecule has 0 saturated carbocycles. The largest absolute Gasteiger partial charge is 1.00 e. The first-order valence-corrected chi connectivity index (χ1v) is 13.0. The number of hydrogen-bond donors (Lipinski definition) is 1. The van der Waals surface area contributed by atoms with Gasteiger partial charge in [-0.05, 0) is 32.1 Å². The zero-order chi connectivity index (χ0) is 20.4. The quantitative estimate of drug-likeness (QED) is 0.183. The van der Waals surface area contributed by atoms with E-state index in [-0.39, 0.29) is 35.7 Å². The molecule has 0 radical (unpaired) electrons. The second-order valence-corrected chi connectivity index (χ2v) is 9.79. The Balaban J connectivity index is 0. The number of unbranched alkanes of at least 4 members (excludes halogenated alkanes) is 12. The van der Waals surface area contributed by atoms with Crippen molar-refractivity contribution >= 4 is 10.1 Å². The molecule has 2 unspecified atom stereocenters. The fourth-order valence-corrected chi connectivity index (χ4v) is 4.54. The van der Waals surface area contributed by atoms with Crippen LogP contribution in [0.5, 0.6) is 0 Å². The first-order valence-electron chi connectivity index (χ1n) is 11.5.